The van der Waals surface area contributed by atoms with E-state index in [4.69, 9.17) is 0 Å². The quantitative estimate of drug-likeness (QED) is 0.753. The van der Waals surface area contributed by atoms with Gasteiger partial charge in [0.15, 0.2) is 0 Å². The Morgan fingerprint density at radius 2 is 1.96 bits per heavy atom. The van der Waals surface area contributed by atoms with Gasteiger partial charge in [0.1, 0.15) is 5.82 Å². The summed E-state index contributed by atoms with van der Waals surface area (Å²) in [6, 6.07) is 4.42. The van der Waals surface area contributed by atoms with Gasteiger partial charge in [0.2, 0.25) is 11.8 Å². The van der Waals surface area contributed by atoms with Crippen molar-refractivity contribution in [3.8, 4) is 0 Å². The van der Waals surface area contributed by atoms with Crippen molar-refractivity contribution in [2.45, 2.75) is 38.8 Å². The fourth-order valence-electron chi connectivity index (χ4n) is 4.21. The van der Waals surface area contributed by atoms with Gasteiger partial charge in [-0.2, -0.15) is 0 Å². The van der Waals surface area contributed by atoms with Gasteiger partial charge in [-0.25, -0.2) is 4.39 Å². The SMILES string of the molecule is CC(=O)N[C@@H]1C[C@@H]2CN(CC(=O)Nc3cccc(F)c3C)C[C@@H]2C[C@H]1O. The predicted octanol–water partition coefficient (Wildman–Crippen LogP) is 1.28. The Hall–Kier alpha value is -1.99. The first-order valence-corrected chi connectivity index (χ1v) is 9.06. The number of nitrogens with one attached hydrogen (secondary N) is 2. The molecule has 2 amide bonds. The molecule has 1 aromatic rings. The van der Waals surface area contributed by atoms with E-state index in [9.17, 15) is 19.1 Å². The lowest BCUT2D eigenvalue weighted by atomic mass is 9.77. The number of carbonyl (C=O) groups is 2. The first-order chi connectivity index (χ1) is 12.3. The maximum atomic E-state index is 13.6. The lowest BCUT2D eigenvalue weighted by molar-refractivity contribution is -0.121. The topological polar surface area (TPSA) is 81.7 Å². The molecule has 0 bridgehead atoms. The molecule has 1 saturated carbocycles. The van der Waals surface area contributed by atoms with Crippen molar-refractivity contribution in [3.63, 3.8) is 0 Å². The number of benzene rings is 1. The first kappa shape index (κ1) is 18.8. The molecule has 1 aromatic carbocycles. The van der Waals surface area contributed by atoms with E-state index in [2.05, 4.69) is 15.5 Å². The zero-order valence-corrected chi connectivity index (χ0v) is 15.2. The largest absolute Gasteiger partial charge is 0.391 e. The molecule has 3 rings (SSSR count). The van der Waals surface area contributed by atoms with Crippen molar-refractivity contribution < 1.29 is 19.1 Å². The number of aliphatic hydroxyl groups excluding tert-OH is 1. The van der Waals surface area contributed by atoms with Gasteiger partial charge in [-0.05, 0) is 43.7 Å². The molecular weight excluding hydrogens is 337 g/mol. The fraction of sp³-hybridized carbons (Fsp3) is 0.579. The number of fused-ring (bicyclic) bond motifs is 1. The van der Waals surface area contributed by atoms with E-state index in [0.717, 1.165) is 19.5 Å². The van der Waals surface area contributed by atoms with Crippen LogP contribution in [0.25, 0.3) is 0 Å². The highest BCUT2D eigenvalue weighted by Crippen LogP contribution is 2.36. The van der Waals surface area contributed by atoms with Gasteiger partial charge in [-0.3, -0.25) is 14.5 Å². The minimum Gasteiger partial charge on any atom is -0.391 e. The van der Waals surface area contributed by atoms with Gasteiger partial charge >= 0.3 is 0 Å². The molecule has 4 atom stereocenters. The molecule has 1 heterocycles. The second kappa shape index (κ2) is 7.72. The van der Waals surface area contributed by atoms with Crippen molar-refractivity contribution in [1.29, 1.82) is 0 Å². The minimum atomic E-state index is -0.538. The zero-order valence-electron chi connectivity index (χ0n) is 15.2. The van der Waals surface area contributed by atoms with E-state index in [0.29, 0.717) is 29.5 Å². The molecule has 3 N–H and O–H groups in total. The highest BCUT2D eigenvalue weighted by Gasteiger charge is 2.42. The highest BCUT2D eigenvalue weighted by molar-refractivity contribution is 5.93. The number of nitrogens with zero attached hydrogens (tertiary/aromatic N) is 1. The second-order valence-electron chi connectivity index (χ2n) is 7.52. The number of halogens is 1. The third kappa shape index (κ3) is 4.22. The van der Waals surface area contributed by atoms with Crippen LogP contribution in [0.2, 0.25) is 0 Å². The van der Waals surface area contributed by atoms with Crippen LogP contribution in [0.1, 0.15) is 25.3 Å². The third-order valence-corrected chi connectivity index (χ3v) is 5.52. The Bertz CT molecular complexity index is 697. The molecule has 0 unspecified atom stereocenters. The molecule has 0 radical (unpaired) electrons. The molecule has 0 aromatic heterocycles. The summed E-state index contributed by atoms with van der Waals surface area (Å²) in [5.41, 5.74) is 0.921. The number of hydrogen-bond donors (Lipinski definition) is 3. The average molecular weight is 363 g/mol. The Kier molecular flexibility index (Phi) is 5.58. The van der Waals surface area contributed by atoms with Gasteiger partial charge < -0.3 is 15.7 Å². The summed E-state index contributed by atoms with van der Waals surface area (Å²) in [4.78, 5) is 25.7. The van der Waals surface area contributed by atoms with Gasteiger partial charge in [0, 0.05) is 31.3 Å². The molecule has 2 aliphatic rings. The maximum Gasteiger partial charge on any atom is 0.238 e. The van der Waals surface area contributed by atoms with E-state index in [1.807, 2.05) is 0 Å². The molecule has 1 aliphatic heterocycles. The second-order valence-corrected chi connectivity index (χ2v) is 7.52. The summed E-state index contributed by atoms with van der Waals surface area (Å²) in [5.74, 6) is 0.0502. The van der Waals surface area contributed by atoms with Crippen LogP contribution >= 0.6 is 0 Å². The number of anilines is 1. The maximum absolute atomic E-state index is 13.6. The molecule has 1 aliphatic carbocycles. The van der Waals surface area contributed by atoms with E-state index < -0.39 is 6.10 Å². The predicted molar refractivity (Wildman–Crippen MR) is 96.0 cm³/mol. The van der Waals surface area contributed by atoms with Gasteiger partial charge in [-0.1, -0.05) is 6.07 Å². The highest BCUT2D eigenvalue weighted by atomic mass is 19.1. The van der Waals surface area contributed by atoms with Crippen LogP contribution in [0.5, 0.6) is 0 Å². The number of rotatable bonds is 4. The van der Waals surface area contributed by atoms with Crippen molar-refractivity contribution in [1.82, 2.24) is 10.2 Å². The number of likely N-dealkylation sites (tertiary alicyclic amines) is 1. The van der Waals surface area contributed by atoms with Gasteiger partial charge in [-0.15, -0.1) is 0 Å². The van der Waals surface area contributed by atoms with Crippen molar-refractivity contribution in [2.75, 3.05) is 25.0 Å². The summed E-state index contributed by atoms with van der Waals surface area (Å²) >= 11 is 0. The van der Waals surface area contributed by atoms with Crippen molar-refractivity contribution in [2.24, 2.45) is 11.8 Å². The van der Waals surface area contributed by atoms with E-state index >= 15 is 0 Å². The molecule has 6 nitrogen and oxygen atoms in total. The van der Waals surface area contributed by atoms with Crippen LogP contribution in [0, 0.1) is 24.6 Å². The van der Waals surface area contributed by atoms with Gasteiger partial charge in [0.05, 0.1) is 18.7 Å². The first-order valence-electron chi connectivity index (χ1n) is 9.06. The monoisotopic (exact) mass is 363 g/mol. The van der Waals surface area contributed by atoms with Crippen LogP contribution in [0.3, 0.4) is 0 Å². The van der Waals surface area contributed by atoms with Gasteiger partial charge in [0.25, 0.3) is 0 Å². The molecule has 7 heteroatoms. The van der Waals surface area contributed by atoms with E-state index in [1.165, 1.54) is 13.0 Å². The summed E-state index contributed by atoms with van der Waals surface area (Å²) in [6.07, 6.45) is 0.826. The Labute approximate surface area is 152 Å². The molecule has 0 spiro atoms. The third-order valence-electron chi connectivity index (χ3n) is 5.52. The van der Waals surface area contributed by atoms with E-state index in [1.54, 1.807) is 19.1 Å². The van der Waals surface area contributed by atoms with Crippen LogP contribution in [0.15, 0.2) is 18.2 Å². The summed E-state index contributed by atoms with van der Waals surface area (Å²) in [5, 5.41) is 15.8. The summed E-state index contributed by atoms with van der Waals surface area (Å²) in [6.45, 7) is 4.86. The van der Waals surface area contributed by atoms with Crippen LogP contribution < -0.4 is 10.6 Å². The van der Waals surface area contributed by atoms with Crippen LogP contribution in [-0.2, 0) is 9.59 Å². The zero-order chi connectivity index (χ0) is 18.8. The lowest BCUT2D eigenvalue weighted by Gasteiger charge is -2.35. The van der Waals surface area contributed by atoms with Crippen LogP contribution in [0.4, 0.5) is 10.1 Å². The molecule has 2 fully saturated rings. The minimum absolute atomic E-state index is 0.132. The Morgan fingerprint density at radius 3 is 2.65 bits per heavy atom. The fourth-order valence-corrected chi connectivity index (χ4v) is 4.21. The van der Waals surface area contributed by atoms with Crippen molar-refractivity contribution in [3.05, 3.63) is 29.6 Å². The number of aliphatic hydroxyl groups is 1. The van der Waals surface area contributed by atoms with Crippen molar-refractivity contribution >= 4 is 17.5 Å². The molecule has 26 heavy (non-hydrogen) atoms. The smallest absolute Gasteiger partial charge is 0.238 e. The summed E-state index contributed by atoms with van der Waals surface area (Å²) < 4.78 is 13.6. The van der Waals surface area contributed by atoms with Crippen LogP contribution in [-0.4, -0.2) is 53.6 Å². The normalized spacial score (nSPS) is 28.5. The molecular formula is C19H26FN3O3. The molecule has 142 valence electrons. The van der Waals surface area contributed by atoms with E-state index in [-0.39, 0.29) is 30.2 Å². The standard InChI is InChI=1S/C19H26FN3O3/c1-11-15(20)4-3-5-16(11)22-19(26)10-23-8-13-6-17(21-12(2)24)18(25)7-14(13)9-23/h3-5,13-14,17-18,25H,6-10H2,1-2H3,(H,21,24)(H,22,26)/t13-,14+,17-,18-/m1/s1. The number of carbonyl (C=O) groups excluding carboxylic acids is 2. The Morgan fingerprint density at radius 1 is 1.27 bits per heavy atom. The average Bonchev–Trinajstić information content (AvgIpc) is 2.92. The summed E-state index contributed by atoms with van der Waals surface area (Å²) in [7, 11) is 0. The lowest BCUT2D eigenvalue weighted by Crippen LogP contribution is -2.48. The Balaban J connectivity index is 1.55. The molecule has 1 saturated heterocycles. The number of amides is 2. The number of hydrogen-bond acceptors (Lipinski definition) is 4.